The summed E-state index contributed by atoms with van der Waals surface area (Å²) in [6.07, 6.45) is 0. The molecule has 3 aromatic rings. The molecule has 2 heterocycles. The molecule has 0 aliphatic heterocycles. The Kier molecular flexibility index (Phi) is 5.20. The van der Waals surface area contributed by atoms with Crippen LogP contribution in [0.15, 0.2) is 24.3 Å². The first kappa shape index (κ1) is 17.6. The number of rotatable bonds is 7. The van der Waals surface area contributed by atoms with Crippen LogP contribution in [0.5, 0.6) is 0 Å². The SMILES string of the molecule is Cc1nn(CCO)c(C)c1CNC(c1nc2ccccc2[nH]1)C(C)C. The van der Waals surface area contributed by atoms with Gasteiger partial charge in [-0.05, 0) is 31.9 Å². The number of nitrogens with zero attached hydrogens (tertiary/aromatic N) is 3. The van der Waals surface area contributed by atoms with Crippen LogP contribution in [0.2, 0.25) is 0 Å². The monoisotopic (exact) mass is 341 g/mol. The summed E-state index contributed by atoms with van der Waals surface area (Å²) in [5, 5.41) is 17.3. The first-order valence-electron chi connectivity index (χ1n) is 8.83. The molecule has 1 aromatic carbocycles. The smallest absolute Gasteiger partial charge is 0.124 e. The topological polar surface area (TPSA) is 78.8 Å². The molecular formula is C19H27N5O. The number of hydrogen-bond acceptors (Lipinski definition) is 4. The van der Waals surface area contributed by atoms with Gasteiger partial charge in [-0.3, -0.25) is 4.68 Å². The minimum Gasteiger partial charge on any atom is -0.394 e. The Morgan fingerprint density at radius 3 is 2.68 bits per heavy atom. The molecule has 0 aliphatic carbocycles. The lowest BCUT2D eigenvalue weighted by Crippen LogP contribution is -2.27. The number of aryl methyl sites for hydroxylation is 1. The molecule has 3 rings (SSSR count). The summed E-state index contributed by atoms with van der Waals surface area (Å²) in [5.74, 6) is 1.36. The van der Waals surface area contributed by atoms with Gasteiger partial charge in [0.25, 0.3) is 0 Å². The van der Waals surface area contributed by atoms with Crippen LogP contribution in [0.3, 0.4) is 0 Å². The number of aliphatic hydroxyl groups excluding tert-OH is 1. The highest BCUT2D eigenvalue weighted by Crippen LogP contribution is 2.23. The Balaban J connectivity index is 1.81. The minimum absolute atomic E-state index is 0.0996. The number of aromatic nitrogens is 4. The van der Waals surface area contributed by atoms with Crippen molar-refractivity contribution in [1.29, 1.82) is 0 Å². The highest BCUT2D eigenvalue weighted by Gasteiger charge is 2.21. The highest BCUT2D eigenvalue weighted by molar-refractivity contribution is 5.74. The van der Waals surface area contributed by atoms with E-state index in [4.69, 9.17) is 10.1 Å². The average molecular weight is 341 g/mol. The molecule has 6 nitrogen and oxygen atoms in total. The third kappa shape index (κ3) is 3.60. The predicted octanol–water partition coefficient (Wildman–Crippen LogP) is 2.86. The Bertz CT molecular complexity index is 816. The molecule has 0 spiro atoms. The van der Waals surface area contributed by atoms with E-state index in [0.29, 0.717) is 12.5 Å². The van der Waals surface area contributed by atoms with Gasteiger partial charge in [0.05, 0.1) is 35.9 Å². The highest BCUT2D eigenvalue weighted by atomic mass is 16.3. The number of benzene rings is 1. The Labute approximate surface area is 148 Å². The Hall–Kier alpha value is -2.18. The van der Waals surface area contributed by atoms with Gasteiger partial charge in [-0.15, -0.1) is 0 Å². The molecule has 0 fully saturated rings. The van der Waals surface area contributed by atoms with Crippen molar-refractivity contribution in [1.82, 2.24) is 25.1 Å². The second kappa shape index (κ2) is 7.37. The van der Waals surface area contributed by atoms with Gasteiger partial charge in [-0.2, -0.15) is 5.10 Å². The summed E-state index contributed by atoms with van der Waals surface area (Å²) in [4.78, 5) is 8.19. The molecule has 2 aromatic heterocycles. The summed E-state index contributed by atoms with van der Waals surface area (Å²) >= 11 is 0. The van der Waals surface area contributed by atoms with E-state index in [-0.39, 0.29) is 12.6 Å². The molecule has 0 saturated carbocycles. The largest absolute Gasteiger partial charge is 0.394 e. The summed E-state index contributed by atoms with van der Waals surface area (Å²) in [7, 11) is 0. The predicted molar refractivity (Wildman–Crippen MR) is 99.3 cm³/mol. The maximum Gasteiger partial charge on any atom is 0.124 e. The lowest BCUT2D eigenvalue weighted by Gasteiger charge is -2.20. The molecule has 6 heteroatoms. The first-order chi connectivity index (χ1) is 12.0. The van der Waals surface area contributed by atoms with Crippen molar-refractivity contribution in [2.75, 3.05) is 6.61 Å². The zero-order valence-corrected chi connectivity index (χ0v) is 15.4. The standard InChI is InChI=1S/C19H27N5O/c1-12(2)18(19-21-16-7-5-6-8-17(16)22-19)20-11-15-13(3)23-24(9-10-25)14(15)4/h5-8,12,18,20,25H,9-11H2,1-4H3,(H,21,22). The van der Waals surface area contributed by atoms with Gasteiger partial charge in [-0.25, -0.2) is 4.98 Å². The van der Waals surface area contributed by atoms with Crippen molar-refractivity contribution in [3.8, 4) is 0 Å². The van der Waals surface area contributed by atoms with Crippen LogP contribution in [0, 0.1) is 19.8 Å². The number of imidazole rings is 1. The minimum atomic E-state index is 0.0996. The molecule has 1 unspecified atom stereocenters. The van der Waals surface area contributed by atoms with Gasteiger partial charge >= 0.3 is 0 Å². The Morgan fingerprint density at radius 2 is 2.00 bits per heavy atom. The van der Waals surface area contributed by atoms with Crippen molar-refractivity contribution in [3.05, 3.63) is 47.0 Å². The van der Waals surface area contributed by atoms with Gasteiger partial charge in [0.15, 0.2) is 0 Å². The van der Waals surface area contributed by atoms with Crippen molar-refractivity contribution < 1.29 is 5.11 Å². The fourth-order valence-corrected chi connectivity index (χ4v) is 3.28. The molecule has 0 radical (unpaired) electrons. The maximum atomic E-state index is 9.16. The van der Waals surface area contributed by atoms with Crippen LogP contribution in [-0.4, -0.2) is 31.5 Å². The van der Waals surface area contributed by atoms with E-state index in [1.807, 2.05) is 29.8 Å². The maximum absolute atomic E-state index is 9.16. The number of fused-ring (bicyclic) bond motifs is 1. The summed E-state index contributed by atoms with van der Waals surface area (Å²) in [5.41, 5.74) is 5.35. The number of para-hydroxylation sites is 2. The Morgan fingerprint density at radius 1 is 1.24 bits per heavy atom. The fourth-order valence-electron chi connectivity index (χ4n) is 3.28. The molecule has 25 heavy (non-hydrogen) atoms. The number of aromatic amines is 1. The lowest BCUT2D eigenvalue weighted by molar-refractivity contribution is 0.267. The molecule has 0 saturated heterocycles. The van der Waals surface area contributed by atoms with Crippen LogP contribution in [0.4, 0.5) is 0 Å². The van der Waals surface area contributed by atoms with E-state index in [1.165, 1.54) is 5.56 Å². The van der Waals surface area contributed by atoms with Crippen LogP contribution >= 0.6 is 0 Å². The summed E-state index contributed by atoms with van der Waals surface area (Å²) in [6.45, 7) is 9.82. The van der Waals surface area contributed by atoms with Crippen molar-refractivity contribution in [3.63, 3.8) is 0 Å². The molecule has 0 aliphatic rings. The van der Waals surface area contributed by atoms with Crippen LogP contribution in [-0.2, 0) is 13.1 Å². The van der Waals surface area contributed by atoms with E-state index >= 15 is 0 Å². The summed E-state index contributed by atoms with van der Waals surface area (Å²) in [6, 6.07) is 8.24. The third-order valence-electron chi connectivity index (χ3n) is 4.71. The molecule has 1 atom stereocenters. The summed E-state index contributed by atoms with van der Waals surface area (Å²) < 4.78 is 1.87. The number of H-pyrrole nitrogens is 1. The number of aliphatic hydroxyl groups is 1. The lowest BCUT2D eigenvalue weighted by atomic mass is 10.0. The molecular weight excluding hydrogens is 314 g/mol. The van der Waals surface area contributed by atoms with Crippen molar-refractivity contribution in [2.24, 2.45) is 5.92 Å². The molecule has 3 N–H and O–H groups in total. The van der Waals surface area contributed by atoms with Gasteiger partial charge < -0.3 is 15.4 Å². The van der Waals surface area contributed by atoms with Crippen molar-refractivity contribution >= 4 is 11.0 Å². The molecule has 0 amide bonds. The van der Waals surface area contributed by atoms with Gasteiger partial charge in [0.1, 0.15) is 5.82 Å². The van der Waals surface area contributed by atoms with E-state index in [0.717, 1.165) is 34.8 Å². The fraction of sp³-hybridized carbons (Fsp3) is 0.474. The van der Waals surface area contributed by atoms with E-state index in [1.54, 1.807) is 0 Å². The normalized spacial score (nSPS) is 13.0. The second-order valence-electron chi connectivity index (χ2n) is 6.84. The van der Waals surface area contributed by atoms with E-state index in [9.17, 15) is 0 Å². The van der Waals surface area contributed by atoms with E-state index < -0.39 is 0 Å². The molecule has 134 valence electrons. The van der Waals surface area contributed by atoms with Crippen LogP contribution < -0.4 is 5.32 Å². The zero-order chi connectivity index (χ0) is 18.0. The second-order valence-corrected chi connectivity index (χ2v) is 6.84. The van der Waals surface area contributed by atoms with Crippen molar-refractivity contribution in [2.45, 2.75) is 46.8 Å². The number of nitrogens with one attached hydrogen (secondary N) is 2. The zero-order valence-electron chi connectivity index (χ0n) is 15.4. The number of hydrogen-bond donors (Lipinski definition) is 3. The van der Waals surface area contributed by atoms with E-state index in [2.05, 4.69) is 42.2 Å². The van der Waals surface area contributed by atoms with Crippen LogP contribution in [0.1, 0.15) is 42.7 Å². The van der Waals surface area contributed by atoms with Gasteiger partial charge in [-0.1, -0.05) is 26.0 Å². The molecule has 0 bridgehead atoms. The van der Waals surface area contributed by atoms with Crippen LogP contribution in [0.25, 0.3) is 11.0 Å². The average Bonchev–Trinajstić information content (AvgIpc) is 3.11. The van der Waals surface area contributed by atoms with Gasteiger partial charge in [0.2, 0.25) is 0 Å². The quantitative estimate of drug-likeness (QED) is 0.617. The first-order valence-corrected chi connectivity index (χ1v) is 8.83. The third-order valence-corrected chi connectivity index (χ3v) is 4.71. The van der Waals surface area contributed by atoms with Gasteiger partial charge in [0, 0.05) is 17.8 Å².